The number of hydrogen-bond acceptors (Lipinski definition) is 2. The molecule has 1 aliphatic rings. The van der Waals surface area contributed by atoms with Crippen LogP contribution in [0.25, 0.3) is 35.4 Å². The first-order valence-corrected chi connectivity index (χ1v) is 12.9. The predicted octanol–water partition coefficient (Wildman–Crippen LogP) is 8.47. The van der Waals surface area contributed by atoms with Crippen LogP contribution in [0.15, 0.2) is 84.9 Å². The Bertz CT molecular complexity index is 1350. The SMILES string of the molecule is CN(C)c1ccc(/C=C/c2ccc3c(c2)C(C)(C)c2cc(/C=C/c4ccc(N(C)C)cc4)ccc2-3)cc1. The highest BCUT2D eigenvalue weighted by atomic mass is 15.1. The van der Waals surface area contributed by atoms with Gasteiger partial charge in [-0.05, 0) is 68.8 Å². The molecule has 0 aromatic heterocycles. The van der Waals surface area contributed by atoms with Gasteiger partial charge < -0.3 is 9.80 Å². The minimum absolute atomic E-state index is 0.0426. The molecule has 5 rings (SSSR count). The van der Waals surface area contributed by atoms with Crippen LogP contribution in [-0.4, -0.2) is 28.2 Å². The zero-order valence-electron chi connectivity index (χ0n) is 22.8. The second-order valence-corrected chi connectivity index (χ2v) is 10.9. The van der Waals surface area contributed by atoms with Gasteiger partial charge in [-0.3, -0.25) is 0 Å². The average Bonchev–Trinajstić information content (AvgIpc) is 3.12. The van der Waals surface area contributed by atoms with Crippen LogP contribution in [-0.2, 0) is 5.41 Å². The van der Waals surface area contributed by atoms with Crippen LogP contribution < -0.4 is 9.80 Å². The summed E-state index contributed by atoms with van der Waals surface area (Å²) < 4.78 is 0. The number of nitrogens with zero attached hydrogens (tertiary/aromatic N) is 2. The quantitative estimate of drug-likeness (QED) is 0.253. The second kappa shape index (κ2) is 9.78. The molecule has 37 heavy (non-hydrogen) atoms. The molecule has 0 N–H and O–H groups in total. The van der Waals surface area contributed by atoms with Gasteiger partial charge in [-0.15, -0.1) is 0 Å². The Balaban J connectivity index is 1.38. The maximum atomic E-state index is 2.36. The van der Waals surface area contributed by atoms with E-state index in [9.17, 15) is 0 Å². The summed E-state index contributed by atoms with van der Waals surface area (Å²) in [7, 11) is 8.27. The lowest BCUT2D eigenvalue weighted by atomic mass is 9.81. The van der Waals surface area contributed by atoms with Crippen LogP contribution in [0, 0.1) is 0 Å². The number of anilines is 2. The summed E-state index contributed by atoms with van der Waals surface area (Å²) in [6.45, 7) is 4.69. The van der Waals surface area contributed by atoms with Crippen molar-refractivity contribution in [2.75, 3.05) is 38.0 Å². The fourth-order valence-electron chi connectivity index (χ4n) is 5.13. The second-order valence-electron chi connectivity index (χ2n) is 10.9. The topological polar surface area (TPSA) is 6.48 Å². The number of fused-ring (bicyclic) bond motifs is 3. The molecule has 0 bridgehead atoms. The van der Waals surface area contributed by atoms with E-state index in [4.69, 9.17) is 0 Å². The normalized spacial score (nSPS) is 13.7. The van der Waals surface area contributed by atoms with Gasteiger partial charge in [0.15, 0.2) is 0 Å². The van der Waals surface area contributed by atoms with Gasteiger partial charge in [-0.2, -0.15) is 0 Å². The molecule has 4 aromatic carbocycles. The summed E-state index contributed by atoms with van der Waals surface area (Å²) in [5, 5.41) is 0. The third-order valence-corrected chi connectivity index (χ3v) is 7.48. The number of benzene rings is 4. The van der Waals surface area contributed by atoms with E-state index >= 15 is 0 Å². The van der Waals surface area contributed by atoms with Crippen molar-refractivity contribution in [2.24, 2.45) is 0 Å². The molecule has 0 saturated carbocycles. The molecule has 0 radical (unpaired) electrons. The van der Waals surface area contributed by atoms with Crippen molar-refractivity contribution >= 4 is 35.7 Å². The van der Waals surface area contributed by atoms with Crippen molar-refractivity contribution < 1.29 is 0 Å². The molecule has 0 unspecified atom stereocenters. The first kappa shape index (κ1) is 24.6. The molecule has 0 amide bonds. The van der Waals surface area contributed by atoms with E-state index in [0.717, 1.165) is 0 Å². The van der Waals surface area contributed by atoms with E-state index in [1.165, 1.54) is 55.9 Å². The van der Waals surface area contributed by atoms with Crippen molar-refractivity contribution in [1.29, 1.82) is 0 Å². The van der Waals surface area contributed by atoms with Gasteiger partial charge in [0, 0.05) is 45.0 Å². The predicted molar refractivity (Wildman–Crippen MR) is 163 cm³/mol. The lowest BCUT2D eigenvalue weighted by Gasteiger charge is -2.22. The summed E-state index contributed by atoms with van der Waals surface area (Å²) in [6.07, 6.45) is 8.84. The number of hydrogen-bond donors (Lipinski definition) is 0. The van der Waals surface area contributed by atoms with E-state index in [1.54, 1.807) is 0 Å². The largest absolute Gasteiger partial charge is 0.378 e. The summed E-state index contributed by atoms with van der Waals surface area (Å²) in [6, 6.07) is 31.1. The summed E-state index contributed by atoms with van der Waals surface area (Å²) in [5.74, 6) is 0. The summed E-state index contributed by atoms with van der Waals surface area (Å²) in [4.78, 5) is 4.24. The van der Waals surface area contributed by atoms with Gasteiger partial charge in [-0.25, -0.2) is 0 Å². The van der Waals surface area contributed by atoms with Crippen molar-refractivity contribution in [3.8, 4) is 11.1 Å². The molecule has 0 spiro atoms. The maximum absolute atomic E-state index is 2.36. The van der Waals surface area contributed by atoms with Gasteiger partial charge >= 0.3 is 0 Å². The molecule has 2 heteroatoms. The molecule has 186 valence electrons. The van der Waals surface area contributed by atoms with Crippen LogP contribution in [0.1, 0.15) is 47.2 Å². The summed E-state index contributed by atoms with van der Waals surface area (Å²) >= 11 is 0. The Morgan fingerprint density at radius 1 is 0.459 bits per heavy atom. The number of rotatable bonds is 6. The minimum atomic E-state index is -0.0426. The molecule has 0 heterocycles. The standard InChI is InChI=1S/C35H36N2/c1-35(2)33-23-27(9-7-25-11-17-29(18-12-25)36(3)4)15-21-31(33)32-22-16-28(24-34(32)35)10-8-26-13-19-30(20-14-26)37(5)6/h7-24H,1-6H3/b9-7+,10-8+. The first-order valence-electron chi connectivity index (χ1n) is 12.9. The van der Waals surface area contributed by atoms with Crippen LogP contribution in [0.4, 0.5) is 11.4 Å². The zero-order valence-corrected chi connectivity index (χ0v) is 22.8. The minimum Gasteiger partial charge on any atom is -0.378 e. The van der Waals surface area contributed by atoms with Gasteiger partial charge in [0.1, 0.15) is 0 Å². The Labute approximate surface area is 222 Å². The Hall–Kier alpha value is -4.04. The molecular formula is C35H36N2. The molecule has 4 aromatic rings. The Morgan fingerprint density at radius 2 is 0.784 bits per heavy atom. The lowest BCUT2D eigenvalue weighted by Crippen LogP contribution is -2.15. The lowest BCUT2D eigenvalue weighted by molar-refractivity contribution is 0.660. The van der Waals surface area contributed by atoms with Crippen molar-refractivity contribution in [2.45, 2.75) is 19.3 Å². The third kappa shape index (κ3) is 4.97. The highest BCUT2D eigenvalue weighted by molar-refractivity contribution is 5.84. The zero-order chi connectivity index (χ0) is 26.2. The average molecular weight is 485 g/mol. The molecule has 0 aliphatic heterocycles. The molecule has 2 nitrogen and oxygen atoms in total. The molecule has 0 fully saturated rings. The van der Waals surface area contributed by atoms with E-state index in [2.05, 4.69) is 161 Å². The highest BCUT2D eigenvalue weighted by Gasteiger charge is 2.35. The maximum Gasteiger partial charge on any atom is 0.0361 e. The van der Waals surface area contributed by atoms with E-state index in [0.29, 0.717) is 0 Å². The van der Waals surface area contributed by atoms with Crippen LogP contribution in [0.2, 0.25) is 0 Å². The van der Waals surface area contributed by atoms with Gasteiger partial charge in [-0.1, -0.05) is 98.8 Å². The van der Waals surface area contributed by atoms with Crippen molar-refractivity contribution in [3.63, 3.8) is 0 Å². The monoisotopic (exact) mass is 484 g/mol. The third-order valence-electron chi connectivity index (χ3n) is 7.48. The van der Waals surface area contributed by atoms with Gasteiger partial charge in [0.2, 0.25) is 0 Å². The van der Waals surface area contributed by atoms with Crippen molar-refractivity contribution in [3.05, 3.63) is 118 Å². The Morgan fingerprint density at radius 3 is 1.14 bits per heavy atom. The van der Waals surface area contributed by atoms with Gasteiger partial charge in [0.25, 0.3) is 0 Å². The van der Waals surface area contributed by atoms with E-state index < -0.39 is 0 Å². The first-order chi connectivity index (χ1) is 17.7. The van der Waals surface area contributed by atoms with Crippen LogP contribution in [0.5, 0.6) is 0 Å². The van der Waals surface area contributed by atoms with E-state index in [1.807, 2.05) is 0 Å². The molecule has 0 saturated heterocycles. The highest BCUT2D eigenvalue weighted by Crippen LogP contribution is 2.49. The molecule has 0 atom stereocenters. The Kier molecular flexibility index (Phi) is 6.52. The molecular weight excluding hydrogens is 448 g/mol. The van der Waals surface area contributed by atoms with E-state index in [-0.39, 0.29) is 5.41 Å². The van der Waals surface area contributed by atoms with Crippen LogP contribution >= 0.6 is 0 Å². The van der Waals surface area contributed by atoms with Crippen molar-refractivity contribution in [1.82, 2.24) is 0 Å². The van der Waals surface area contributed by atoms with Gasteiger partial charge in [0.05, 0.1) is 0 Å². The fraction of sp³-hybridized carbons (Fsp3) is 0.200. The molecule has 1 aliphatic carbocycles. The fourth-order valence-corrected chi connectivity index (χ4v) is 5.13. The van der Waals surface area contributed by atoms with Crippen LogP contribution in [0.3, 0.4) is 0 Å². The smallest absolute Gasteiger partial charge is 0.0361 e. The summed E-state index contributed by atoms with van der Waals surface area (Å²) in [5.41, 5.74) is 12.8.